The van der Waals surface area contributed by atoms with Gasteiger partial charge in [-0.2, -0.15) is 5.10 Å². The van der Waals surface area contributed by atoms with E-state index < -0.39 is 0 Å². The molecular weight excluding hydrogens is 362 g/mol. The molecule has 4 rings (SSSR count). The fourth-order valence-electron chi connectivity index (χ4n) is 2.91. The minimum atomic E-state index is 0.443. The largest absolute Gasteiger partial charge is 0.411 e. The van der Waals surface area contributed by atoms with Crippen LogP contribution in [0.25, 0.3) is 28.0 Å². The third kappa shape index (κ3) is 3.15. The van der Waals surface area contributed by atoms with Crippen molar-refractivity contribution >= 4 is 28.2 Å². The molecule has 4 aromatic rings. The van der Waals surface area contributed by atoms with Crippen LogP contribution in [-0.4, -0.2) is 30.7 Å². The Balaban J connectivity index is 1.90. The Kier molecular flexibility index (Phi) is 4.33. The molecule has 0 atom stereocenters. The zero-order valence-electron chi connectivity index (χ0n) is 14.8. The highest BCUT2D eigenvalue weighted by Crippen LogP contribution is 2.31. The molecule has 7 heteroatoms. The van der Waals surface area contributed by atoms with Crippen LogP contribution in [0.15, 0.2) is 59.9 Å². The summed E-state index contributed by atoms with van der Waals surface area (Å²) in [6, 6.07) is 15.2. The molecule has 134 valence electrons. The van der Waals surface area contributed by atoms with Gasteiger partial charge in [0, 0.05) is 16.6 Å². The van der Waals surface area contributed by atoms with Crippen LogP contribution in [0.4, 0.5) is 0 Å². The summed E-state index contributed by atoms with van der Waals surface area (Å²) >= 11 is 6.51. The topological polar surface area (TPSA) is 76.2 Å². The normalized spacial score (nSPS) is 11.9. The first-order valence-corrected chi connectivity index (χ1v) is 8.72. The number of rotatable bonds is 3. The molecule has 0 fully saturated rings. The highest BCUT2D eigenvalue weighted by atomic mass is 35.5. The van der Waals surface area contributed by atoms with Gasteiger partial charge in [0.25, 0.3) is 0 Å². The molecule has 0 aliphatic rings. The van der Waals surface area contributed by atoms with E-state index in [4.69, 9.17) is 16.8 Å². The number of oxime groups is 1. The molecule has 0 amide bonds. The van der Waals surface area contributed by atoms with Crippen molar-refractivity contribution in [3.05, 3.63) is 71.1 Å². The standard InChI is InChI=1S/C20H16ClN5O/c1-12-5-3-8-20(23-12)26-19-10-14(9-16(21)15(19)11-22-26)18-7-4-6-17(24-18)13(2)25-27/h3-11,27H,1-2H3/b25-13-. The van der Waals surface area contributed by atoms with Gasteiger partial charge in [0.15, 0.2) is 5.82 Å². The van der Waals surface area contributed by atoms with E-state index in [1.807, 2.05) is 49.4 Å². The lowest BCUT2D eigenvalue weighted by atomic mass is 10.1. The summed E-state index contributed by atoms with van der Waals surface area (Å²) in [6.07, 6.45) is 1.73. The second-order valence-corrected chi connectivity index (χ2v) is 6.59. The van der Waals surface area contributed by atoms with Gasteiger partial charge in [0.2, 0.25) is 0 Å². The van der Waals surface area contributed by atoms with Crippen molar-refractivity contribution < 1.29 is 5.21 Å². The summed E-state index contributed by atoms with van der Waals surface area (Å²) < 4.78 is 1.77. The molecule has 0 spiro atoms. The first-order valence-electron chi connectivity index (χ1n) is 8.34. The molecule has 0 saturated carbocycles. The van der Waals surface area contributed by atoms with Crippen LogP contribution in [-0.2, 0) is 0 Å². The van der Waals surface area contributed by atoms with E-state index in [1.54, 1.807) is 23.9 Å². The summed E-state index contributed by atoms with van der Waals surface area (Å²) in [6.45, 7) is 3.63. The molecule has 6 nitrogen and oxygen atoms in total. The quantitative estimate of drug-likeness (QED) is 0.320. The molecule has 3 heterocycles. The maximum Gasteiger partial charge on any atom is 0.154 e. The van der Waals surface area contributed by atoms with Gasteiger partial charge >= 0.3 is 0 Å². The van der Waals surface area contributed by atoms with Gasteiger partial charge in [-0.15, -0.1) is 0 Å². The van der Waals surface area contributed by atoms with Crippen molar-refractivity contribution in [3.8, 4) is 17.1 Å². The van der Waals surface area contributed by atoms with Gasteiger partial charge in [-0.25, -0.2) is 14.6 Å². The molecule has 0 radical (unpaired) electrons. The molecule has 3 aromatic heterocycles. The van der Waals surface area contributed by atoms with Gasteiger partial charge in [-0.3, -0.25) is 0 Å². The average molecular weight is 378 g/mol. The number of aryl methyl sites for hydroxylation is 1. The second-order valence-electron chi connectivity index (χ2n) is 6.18. The summed E-state index contributed by atoms with van der Waals surface area (Å²) in [5, 5.41) is 18.1. The zero-order chi connectivity index (χ0) is 19.0. The number of benzene rings is 1. The molecule has 0 aliphatic heterocycles. The lowest BCUT2D eigenvalue weighted by Gasteiger charge is -2.08. The van der Waals surface area contributed by atoms with Crippen LogP contribution < -0.4 is 0 Å². The number of fused-ring (bicyclic) bond motifs is 1. The van der Waals surface area contributed by atoms with Crippen LogP contribution in [0.5, 0.6) is 0 Å². The number of pyridine rings is 2. The Morgan fingerprint density at radius 3 is 2.70 bits per heavy atom. The number of hydrogen-bond acceptors (Lipinski definition) is 5. The molecule has 27 heavy (non-hydrogen) atoms. The molecular formula is C20H16ClN5O. The Bertz CT molecular complexity index is 1180. The minimum Gasteiger partial charge on any atom is -0.411 e. The molecule has 0 unspecified atom stereocenters. The molecule has 0 bridgehead atoms. The first-order chi connectivity index (χ1) is 13.1. The predicted molar refractivity (Wildman–Crippen MR) is 106 cm³/mol. The Hall–Kier alpha value is -3.25. The number of hydrogen-bond donors (Lipinski definition) is 1. The SMILES string of the molecule is C/C(=N/O)c1cccc(-c2cc(Cl)c3cnn(-c4cccc(C)n4)c3c2)n1. The number of aromatic nitrogens is 4. The summed E-state index contributed by atoms with van der Waals surface area (Å²) in [4.78, 5) is 9.11. The van der Waals surface area contributed by atoms with E-state index >= 15 is 0 Å². The lowest BCUT2D eigenvalue weighted by molar-refractivity contribution is 0.319. The Labute approximate surface area is 160 Å². The van der Waals surface area contributed by atoms with Crippen molar-refractivity contribution in [2.75, 3.05) is 0 Å². The van der Waals surface area contributed by atoms with Crippen molar-refractivity contribution in [1.29, 1.82) is 0 Å². The fourth-order valence-corrected chi connectivity index (χ4v) is 3.17. The predicted octanol–water partition coefficient (Wildman–Crippen LogP) is 4.64. The summed E-state index contributed by atoms with van der Waals surface area (Å²) in [7, 11) is 0. The van der Waals surface area contributed by atoms with Crippen LogP contribution in [0.3, 0.4) is 0 Å². The maximum atomic E-state index is 9.00. The lowest BCUT2D eigenvalue weighted by Crippen LogP contribution is -2.01. The van der Waals surface area contributed by atoms with Crippen molar-refractivity contribution in [2.24, 2.45) is 5.16 Å². The summed E-state index contributed by atoms with van der Waals surface area (Å²) in [5.74, 6) is 0.725. The van der Waals surface area contributed by atoms with E-state index in [0.717, 1.165) is 33.7 Å². The smallest absolute Gasteiger partial charge is 0.154 e. The van der Waals surface area contributed by atoms with E-state index in [-0.39, 0.29) is 0 Å². The molecule has 1 aromatic carbocycles. The van der Waals surface area contributed by atoms with Crippen molar-refractivity contribution in [1.82, 2.24) is 19.7 Å². The highest BCUT2D eigenvalue weighted by molar-refractivity contribution is 6.35. The van der Waals surface area contributed by atoms with Gasteiger partial charge in [0.1, 0.15) is 5.71 Å². The highest BCUT2D eigenvalue weighted by Gasteiger charge is 2.13. The third-order valence-electron chi connectivity index (χ3n) is 4.29. The second kappa shape index (κ2) is 6.81. The Morgan fingerprint density at radius 1 is 1.11 bits per heavy atom. The third-order valence-corrected chi connectivity index (χ3v) is 4.61. The fraction of sp³-hybridized carbons (Fsp3) is 0.100. The molecule has 1 N–H and O–H groups in total. The Morgan fingerprint density at radius 2 is 1.93 bits per heavy atom. The minimum absolute atomic E-state index is 0.443. The van der Waals surface area contributed by atoms with Gasteiger partial charge < -0.3 is 5.21 Å². The van der Waals surface area contributed by atoms with Crippen LogP contribution in [0, 0.1) is 6.92 Å². The van der Waals surface area contributed by atoms with E-state index in [0.29, 0.717) is 16.4 Å². The van der Waals surface area contributed by atoms with Crippen LogP contribution in [0.2, 0.25) is 5.02 Å². The molecule has 0 saturated heterocycles. The zero-order valence-corrected chi connectivity index (χ0v) is 15.5. The number of nitrogens with zero attached hydrogens (tertiary/aromatic N) is 5. The van der Waals surface area contributed by atoms with Gasteiger partial charge in [0.05, 0.1) is 28.1 Å². The van der Waals surface area contributed by atoms with Crippen molar-refractivity contribution in [2.45, 2.75) is 13.8 Å². The van der Waals surface area contributed by atoms with Crippen LogP contribution >= 0.6 is 11.6 Å². The summed E-state index contributed by atoms with van der Waals surface area (Å²) in [5.41, 5.74) is 4.36. The number of halogens is 1. The molecule has 0 aliphatic carbocycles. The van der Waals surface area contributed by atoms with Gasteiger partial charge in [-0.1, -0.05) is 28.9 Å². The first kappa shape index (κ1) is 17.2. The average Bonchev–Trinajstić information content (AvgIpc) is 3.12. The van der Waals surface area contributed by atoms with Crippen LogP contribution in [0.1, 0.15) is 18.3 Å². The van der Waals surface area contributed by atoms with E-state index in [2.05, 4.69) is 20.2 Å². The van der Waals surface area contributed by atoms with Gasteiger partial charge in [-0.05, 0) is 50.2 Å². The monoisotopic (exact) mass is 377 g/mol. The van der Waals surface area contributed by atoms with E-state index in [9.17, 15) is 0 Å². The maximum absolute atomic E-state index is 9.00. The van der Waals surface area contributed by atoms with Crippen molar-refractivity contribution in [3.63, 3.8) is 0 Å². The van der Waals surface area contributed by atoms with E-state index in [1.165, 1.54) is 0 Å².